The van der Waals surface area contributed by atoms with Gasteiger partial charge in [0.25, 0.3) is 5.92 Å². The van der Waals surface area contributed by atoms with E-state index < -0.39 is 30.8 Å². The molecule has 2 saturated heterocycles. The van der Waals surface area contributed by atoms with Gasteiger partial charge in [0.05, 0.1) is 31.1 Å². The molecule has 2 aliphatic heterocycles. The van der Waals surface area contributed by atoms with E-state index >= 15 is 0 Å². The van der Waals surface area contributed by atoms with Crippen LogP contribution in [0.1, 0.15) is 12.8 Å². The fourth-order valence-electron chi connectivity index (χ4n) is 3.90. The van der Waals surface area contributed by atoms with E-state index in [9.17, 15) is 13.6 Å². The molecular weight excluding hydrogens is 354 g/mol. The number of hydrogen-bond acceptors (Lipinski definition) is 5. The van der Waals surface area contributed by atoms with Crippen molar-refractivity contribution in [3.63, 3.8) is 0 Å². The second-order valence-electron chi connectivity index (χ2n) is 7.24. The van der Waals surface area contributed by atoms with E-state index in [0.29, 0.717) is 13.1 Å². The lowest BCUT2D eigenvalue weighted by atomic mass is 10.2. The monoisotopic (exact) mass is 374 g/mol. The number of nitrogens with one attached hydrogen (secondary N) is 1. The number of nitriles is 1. The molecule has 4 rings (SSSR count). The molecule has 0 aliphatic carbocycles. The van der Waals surface area contributed by atoms with Gasteiger partial charge in [-0.05, 0) is 18.6 Å². The lowest BCUT2D eigenvalue weighted by Gasteiger charge is -2.23. The van der Waals surface area contributed by atoms with Gasteiger partial charge in [0.15, 0.2) is 5.58 Å². The Labute approximate surface area is 155 Å². The summed E-state index contributed by atoms with van der Waals surface area (Å²) in [5, 5.41) is 13.5. The summed E-state index contributed by atoms with van der Waals surface area (Å²) in [5.41, 5.74) is 1.70. The van der Waals surface area contributed by atoms with Gasteiger partial charge in [0.2, 0.25) is 5.91 Å². The Morgan fingerprint density at radius 2 is 2.26 bits per heavy atom. The van der Waals surface area contributed by atoms with E-state index in [4.69, 9.17) is 9.68 Å². The molecule has 0 saturated carbocycles. The molecule has 2 atom stereocenters. The number of para-hydroxylation sites is 1. The van der Waals surface area contributed by atoms with Crippen molar-refractivity contribution in [2.24, 2.45) is 0 Å². The molecule has 1 aromatic heterocycles. The maximum atomic E-state index is 13.5. The van der Waals surface area contributed by atoms with Crippen molar-refractivity contribution in [1.29, 1.82) is 5.26 Å². The fourth-order valence-corrected chi connectivity index (χ4v) is 3.90. The van der Waals surface area contributed by atoms with Crippen LogP contribution in [0, 0.1) is 11.3 Å². The Hall–Kier alpha value is -2.66. The zero-order chi connectivity index (χ0) is 19.0. The highest BCUT2D eigenvalue weighted by Gasteiger charge is 2.47. The summed E-state index contributed by atoms with van der Waals surface area (Å²) in [4.78, 5) is 15.4. The highest BCUT2D eigenvalue weighted by molar-refractivity contribution is 5.89. The fraction of sp³-hybridized carbons (Fsp3) is 0.474. The van der Waals surface area contributed by atoms with E-state index in [1.54, 1.807) is 6.26 Å². The van der Waals surface area contributed by atoms with Gasteiger partial charge in [-0.3, -0.25) is 9.69 Å². The van der Waals surface area contributed by atoms with Crippen LogP contribution in [0.4, 0.5) is 14.5 Å². The average molecular weight is 374 g/mol. The Balaban J connectivity index is 1.35. The topological polar surface area (TPSA) is 72.5 Å². The minimum Gasteiger partial charge on any atom is -0.462 e. The number of fused-ring (bicyclic) bond motifs is 1. The first-order chi connectivity index (χ1) is 12.9. The Morgan fingerprint density at radius 1 is 1.41 bits per heavy atom. The molecular formula is C19H20F2N4O2. The number of likely N-dealkylation sites (tertiary alicyclic amines) is 2. The molecule has 2 aliphatic rings. The molecule has 1 amide bonds. The molecule has 2 fully saturated rings. The van der Waals surface area contributed by atoms with Gasteiger partial charge in [-0.1, -0.05) is 12.1 Å². The second kappa shape index (κ2) is 6.82. The van der Waals surface area contributed by atoms with Gasteiger partial charge in [-0.25, -0.2) is 8.78 Å². The highest BCUT2D eigenvalue weighted by atomic mass is 19.3. The van der Waals surface area contributed by atoms with Crippen molar-refractivity contribution < 1.29 is 18.0 Å². The third kappa shape index (κ3) is 3.60. The number of anilines is 1. The van der Waals surface area contributed by atoms with Crippen molar-refractivity contribution in [1.82, 2.24) is 9.80 Å². The maximum Gasteiger partial charge on any atom is 0.268 e. The highest BCUT2D eigenvalue weighted by Crippen LogP contribution is 2.32. The van der Waals surface area contributed by atoms with Crippen molar-refractivity contribution in [2.75, 3.05) is 31.5 Å². The van der Waals surface area contributed by atoms with Gasteiger partial charge in [0, 0.05) is 30.9 Å². The summed E-state index contributed by atoms with van der Waals surface area (Å²) < 4.78 is 32.6. The van der Waals surface area contributed by atoms with Gasteiger partial charge in [-0.2, -0.15) is 5.26 Å². The molecule has 8 heteroatoms. The van der Waals surface area contributed by atoms with Crippen LogP contribution in [-0.2, 0) is 4.79 Å². The van der Waals surface area contributed by atoms with Crippen LogP contribution in [0.5, 0.6) is 0 Å². The van der Waals surface area contributed by atoms with E-state index in [2.05, 4.69) is 5.32 Å². The first kappa shape index (κ1) is 17.7. The molecule has 27 heavy (non-hydrogen) atoms. The Bertz CT molecular complexity index is 891. The zero-order valence-electron chi connectivity index (χ0n) is 14.7. The number of carbonyl (C=O) groups is 1. The minimum absolute atomic E-state index is 0.0530. The van der Waals surface area contributed by atoms with E-state index in [1.807, 2.05) is 35.2 Å². The molecule has 2 aromatic rings. The summed E-state index contributed by atoms with van der Waals surface area (Å²) >= 11 is 0. The second-order valence-corrected chi connectivity index (χ2v) is 7.24. The number of hydrogen-bond donors (Lipinski definition) is 1. The molecule has 1 N–H and O–H groups in total. The van der Waals surface area contributed by atoms with Crippen LogP contribution >= 0.6 is 0 Å². The van der Waals surface area contributed by atoms with Gasteiger partial charge < -0.3 is 14.6 Å². The molecule has 142 valence electrons. The predicted octanol–water partition coefficient (Wildman–Crippen LogP) is 2.68. The Morgan fingerprint density at radius 3 is 3.07 bits per heavy atom. The molecule has 1 aromatic carbocycles. The van der Waals surface area contributed by atoms with Gasteiger partial charge >= 0.3 is 0 Å². The smallest absolute Gasteiger partial charge is 0.268 e. The minimum atomic E-state index is -2.98. The summed E-state index contributed by atoms with van der Waals surface area (Å²) in [6.45, 7) is 0.709. The first-order valence-corrected chi connectivity index (χ1v) is 8.97. The summed E-state index contributed by atoms with van der Waals surface area (Å²) in [7, 11) is 0. The normalized spacial score (nSPS) is 25.0. The zero-order valence-corrected chi connectivity index (χ0v) is 14.7. The standard InChI is InChI=1S/C19H20F2N4O2/c20-19(21)8-15(9-22)25(12-19)17(26)11-24-6-4-14(10-24)23-16-3-1-2-13-5-7-27-18(13)16/h1-3,5,7,14-15,23H,4,6,8,10-12H2. The van der Waals surface area contributed by atoms with Crippen LogP contribution in [0.3, 0.4) is 0 Å². The number of alkyl halides is 2. The molecule has 2 unspecified atom stereocenters. The number of halogens is 2. The average Bonchev–Trinajstić information content (AvgIpc) is 3.33. The largest absolute Gasteiger partial charge is 0.462 e. The predicted molar refractivity (Wildman–Crippen MR) is 95.4 cm³/mol. The quantitative estimate of drug-likeness (QED) is 0.891. The van der Waals surface area contributed by atoms with E-state index in [-0.39, 0.29) is 12.6 Å². The van der Waals surface area contributed by atoms with Crippen LogP contribution < -0.4 is 5.32 Å². The summed E-state index contributed by atoms with van der Waals surface area (Å²) in [6.07, 6.45) is 1.90. The van der Waals surface area contributed by atoms with Crippen molar-refractivity contribution in [2.45, 2.75) is 30.8 Å². The number of benzene rings is 1. The van der Waals surface area contributed by atoms with Gasteiger partial charge in [0.1, 0.15) is 6.04 Å². The van der Waals surface area contributed by atoms with Crippen molar-refractivity contribution >= 4 is 22.6 Å². The van der Waals surface area contributed by atoms with Crippen LogP contribution in [0.25, 0.3) is 11.0 Å². The Kier molecular flexibility index (Phi) is 4.48. The van der Waals surface area contributed by atoms with Crippen LogP contribution in [0.2, 0.25) is 0 Å². The third-order valence-electron chi connectivity index (χ3n) is 5.21. The number of nitrogens with zero attached hydrogens (tertiary/aromatic N) is 3. The number of amides is 1. The number of furan rings is 1. The van der Waals surface area contributed by atoms with Gasteiger partial charge in [-0.15, -0.1) is 0 Å². The van der Waals surface area contributed by atoms with E-state index in [1.165, 1.54) is 0 Å². The number of carbonyl (C=O) groups excluding carboxylic acids is 1. The molecule has 0 spiro atoms. The van der Waals surface area contributed by atoms with Crippen molar-refractivity contribution in [3.8, 4) is 6.07 Å². The lowest BCUT2D eigenvalue weighted by molar-refractivity contribution is -0.133. The molecule has 3 heterocycles. The summed E-state index contributed by atoms with van der Waals surface area (Å²) in [6, 6.07) is 8.69. The van der Waals surface area contributed by atoms with E-state index in [0.717, 1.165) is 28.0 Å². The molecule has 0 radical (unpaired) electrons. The SMILES string of the molecule is N#CC1CC(F)(F)CN1C(=O)CN1CCC(Nc2cccc3ccoc23)C1. The number of rotatable bonds is 4. The maximum absolute atomic E-state index is 13.5. The van der Waals surface area contributed by atoms with Crippen molar-refractivity contribution in [3.05, 3.63) is 30.5 Å². The third-order valence-corrected chi connectivity index (χ3v) is 5.21. The first-order valence-electron chi connectivity index (χ1n) is 8.97. The molecule has 0 bridgehead atoms. The summed E-state index contributed by atoms with van der Waals surface area (Å²) in [5.74, 6) is -3.39. The molecule has 6 nitrogen and oxygen atoms in total. The van der Waals surface area contributed by atoms with Crippen LogP contribution in [0.15, 0.2) is 34.9 Å². The lowest BCUT2D eigenvalue weighted by Crippen LogP contribution is -2.43. The van der Waals surface area contributed by atoms with Crippen LogP contribution in [-0.4, -0.2) is 59.9 Å².